The van der Waals surface area contributed by atoms with E-state index in [9.17, 15) is 29.3 Å². The lowest BCUT2D eigenvalue weighted by molar-refractivity contribution is -0.384. The highest BCUT2D eigenvalue weighted by Crippen LogP contribution is 2.24. The minimum absolute atomic E-state index is 0.0173. The second-order valence-electron chi connectivity index (χ2n) is 12.6. The number of benzene rings is 2. The molecular formula is C34H45N9O7. The van der Waals surface area contributed by atoms with Crippen molar-refractivity contribution in [2.75, 3.05) is 50.8 Å². The van der Waals surface area contributed by atoms with E-state index in [0.29, 0.717) is 24.5 Å². The molecule has 4 atom stereocenters. The number of carbonyl (C=O) groups is 4. The van der Waals surface area contributed by atoms with E-state index in [1.807, 2.05) is 24.0 Å². The van der Waals surface area contributed by atoms with Gasteiger partial charge in [-0.05, 0) is 82.1 Å². The highest BCUT2D eigenvalue weighted by Gasteiger charge is 2.39. The fraction of sp³-hybridized carbons (Fsp3) is 0.529. The number of non-ortho nitro benzene ring substituents is 1. The van der Waals surface area contributed by atoms with Crippen LogP contribution in [0.15, 0.2) is 58.8 Å². The van der Waals surface area contributed by atoms with Crippen molar-refractivity contribution in [1.82, 2.24) is 26.2 Å². The number of nitrogens with zero attached hydrogens (tertiary/aromatic N) is 5. The quantitative estimate of drug-likeness (QED) is 0.0931. The van der Waals surface area contributed by atoms with Gasteiger partial charge in [0.15, 0.2) is 0 Å². The van der Waals surface area contributed by atoms with Crippen molar-refractivity contribution in [3.05, 3.63) is 58.6 Å². The number of carbonyl (C=O) groups excluding carboxylic acids is 4. The minimum Gasteiger partial charge on any atom is -0.464 e. The largest absolute Gasteiger partial charge is 0.464 e. The first-order chi connectivity index (χ1) is 24.2. The average molecular weight is 692 g/mol. The van der Waals surface area contributed by atoms with Gasteiger partial charge >= 0.3 is 5.97 Å². The van der Waals surface area contributed by atoms with E-state index in [-0.39, 0.29) is 68.0 Å². The molecule has 2 aromatic rings. The smallest absolute Gasteiger partial charge is 0.306 e. The van der Waals surface area contributed by atoms with Gasteiger partial charge in [0.25, 0.3) is 5.69 Å². The Morgan fingerprint density at radius 2 is 1.42 bits per heavy atom. The third kappa shape index (κ3) is 10.0. The number of rotatable bonds is 15. The topological polar surface area (TPSA) is 200 Å². The molecule has 4 N–H and O–H groups in total. The van der Waals surface area contributed by atoms with Gasteiger partial charge in [-0.25, -0.2) is 0 Å². The predicted molar refractivity (Wildman–Crippen MR) is 184 cm³/mol. The molecule has 5 rings (SSSR count). The van der Waals surface area contributed by atoms with Gasteiger partial charge < -0.3 is 35.8 Å². The number of nitro benzene ring substituents is 1. The van der Waals surface area contributed by atoms with Crippen molar-refractivity contribution in [3.63, 3.8) is 0 Å². The molecule has 0 radical (unpaired) electrons. The molecule has 268 valence electrons. The van der Waals surface area contributed by atoms with Gasteiger partial charge in [-0.2, -0.15) is 10.2 Å². The van der Waals surface area contributed by atoms with Crippen molar-refractivity contribution >= 4 is 46.4 Å². The molecule has 3 heterocycles. The van der Waals surface area contributed by atoms with Gasteiger partial charge in [-0.1, -0.05) is 0 Å². The third-order valence-electron chi connectivity index (χ3n) is 9.19. The van der Waals surface area contributed by atoms with E-state index >= 15 is 0 Å². The molecule has 3 aliphatic heterocycles. The average Bonchev–Trinajstić information content (AvgIpc) is 3.93. The zero-order valence-electron chi connectivity index (χ0n) is 28.2. The SMILES string of the molecule is CCN(CCOC(=O)CCC(=O)N1C[C@@H](NC(=O)[C@@H]2CCCN2)[C@H](NC(=O)[C@@H]2CCCN2)C1)c1ccc(N=Nc2ccc([N+](=O)[O-])cc2)cc1. The molecule has 0 bridgehead atoms. The predicted octanol–water partition coefficient (Wildman–Crippen LogP) is 2.48. The van der Waals surface area contributed by atoms with Gasteiger partial charge in [0, 0.05) is 43.9 Å². The molecule has 3 aliphatic rings. The molecule has 0 spiro atoms. The number of nitrogens with one attached hydrogen (secondary N) is 4. The number of likely N-dealkylation sites (tertiary alicyclic amines) is 1. The molecule has 3 fully saturated rings. The van der Waals surface area contributed by atoms with Crippen LogP contribution in [0.25, 0.3) is 0 Å². The van der Waals surface area contributed by atoms with E-state index in [4.69, 9.17) is 4.74 Å². The minimum atomic E-state index is -0.482. The summed E-state index contributed by atoms with van der Waals surface area (Å²) in [6, 6.07) is 11.7. The van der Waals surface area contributed by atoms with Gasteiger partial charge in [0.1, 0.15) is 6.61 Å². The van der Waals surface area contributed by atoms with Crippen molar-refractivity contribution in [2.24, 2.45) is 10.2 Å². The van der Waals surface area contributed by atoms with Crippen LogP contribution in [0.2, 0.25) is 0 Å². The lowest BCUT2D eigenvalue weighted by Crippen LogP contribution is -2.56. The summed E-state index contributed by atoms with van der Waals surface area (Å²) in [5.41, 5.74) is 1.99. The summed E-state index contributed by atoms with van der Waals surface area (Å²) >= 11 is 0. The van der Waals surface area contributed by atoms with Gasteiger partial charge in [-0.15, -0.1) is 0 Å². The number of ether oxygens (including phenoxy) is 1. The molecule has 0 saturated carbocycles. The number of amides is 3. The molecule has 50 heavy (non-hydrogen) atoms. The zero-order valence-corrected chi connectivity index (χ0v) is 28.2. The maximum absolute atomic E-state index is 13.2. The Kier molecular flexibility index (Phi) is 12.8. The van der Waals surface area contributed by atoms with Crippen LogP contribution in [0.4, 0.5) is 22.7 Å². The maximum atomic E-state index is 13.2. The number of hydrogen-bond donors (Lipinski definition) is 4. The molecule has 0 aromatic heterocycles. The zero-order chi connectivity index (χ0) is 35.5. The summed E-state index contributed by atoms with van der Waals surface area (Å²) in [6.45, 7) is 5.29. The number of azo groups is 1. The Labute approximate surface area is 290 Å². The number of esters is 1. The lowest BCUT2D eigenvalue weighted by atomic mass is 10.1. The Balaban J connectivity index is 1.05. The standard InChI is InChI=1S/C34H45N9O7/c1-2-41(25-11-7-23(8-12-25)39-40-24-9-13-26(14-10-24)43(48)49)19-20-50-32(45)16-15-31(44)42-21-29(37-33(46)27-5-3-17-35-27)30(22-42)38-34(47)28-6-4-18-36-28/h7-14,27-30,35-36H,2-6,15-22H2,1H3,(H,37,46)(H,38,47)/t27-,28-,29+,30+/m0/s1. The number of nitro groups is 1. The lowest BCUT2D eigenvalue weighted by Gasteiger charge is -2.23. The summed E-state index contributed by atoms with van der Waals surface area (Å²) in [6.07, 6.45) is 3.21. The normalized spacial score (nSPS) is 21.7. The fourth-order valence-electron chi connectivity index (χ4n) is 6.35. The number of likely N-dealkylation sites (N-methyl/N-ethyl adjacent to an activating group) is 1. The molecule has 3 saturated heterocycles. The second kappa shape index (κ2) is 17.6. The van der Waals surface area contributed by atoms with Crippen LogP contribution < -0.4 is 26.2 Å². The Bertz CT molecular complexity index is 1490. The first-order valence-corrected chi connectivity index (χ1v) is 17.2. The first-order valence-electron chi connectivity index (χ1n) is 17.2. The van der Waals surface area contributed by atoms with Crippen LogP contribution >= 0.6 is 0 Å². The van der Waals surface area contributed by atoms with Crippen LogP contribution in [-0.4, -0.2) is 104 Å². The van der Waals surface area contributed by atoms with E-state index in [0.717, 1.165) is 44.5 Å². The van der Waals surface area contributed by atoms with Crippen LogP contribution in [0.3, 0.4) is 0 Å². The maximum Gasteiger partial charge on any atom is 0.306 e. The van der Waals surface area contributed by atoms with Gasteiger partial charge in [0.2, 0.25) is 17.7 Å². The molecule has 0 unspecified atom stereocenters. The first kappa shape index (κ1) is 36.3. The van der Waals surface area contributed by atoms with E-state index in [1.165, 1.54) is 24.3 Å². The Morgan fingerprint density at radius 3 is 1.90 bits per heavy atom. The Morgan fingerprint density at radius 1 is 0.880 bits per heavy atom. The molecule has 16 heteroatoms. The van der Waals surface area contributed by atoms with Crippen LogP contribution in [0.1, 0.15) is 45.4 Å². The Hall–Kier alpha value is -4.96. The second-order valence-corrected chi connectivity index (χ2v) is 12.6. The molecular weight excluding hydrogens is 646 g/mol. The fourth-order valence-corrected chi connectivity index (χ4v) is 6.35. The summed E-state index contributed by atoms with van der Waals surface area (Å²) in [7, 11) is 0. The summed E-state index contributed by atoms with van der Waals surface area (Å²) < 4.78 is 5.45. The van der Waals surface area contributed by atoms with E-state index in [2.05, 4.69) is 31.5 Å². The number of anilines is 1. The summed E-state index contributed by atoms with van der Waals surface area (Å²) in [4.78, 5) is 65.4. The van der Waals surface area contributed by atoms with Crippen LogP contribution in [0, 0.1) is 10.1 Å². The van der Waals surface area contributed by atoms with Crippen molar-refractivity contribution in [1.29, 1.82) is 0 Å². The summed E-state index contributed by atoms with van der Waals surface area (Å²) in [5, 5.41) is 31.6. The van der Waals surface area contributed by atoms with E-state index < -0.39 is 23.0 Å². The van der Waals surface area contributed by atoms with Crippen molar-refractivity contribution in [3.8, 4) is 0 Å². The highest BCUT2D eigenvalue weighted by molar-refractivity contribution is 5.85. The van der Waals surface area contributed by atoms with Crippen LogP contribution in [-0.2, 0) is 23.9 Å². The van der Waals surface area contributed by atoms with Gasteiger partial charge in [-0.3, -0.25) is 29.3 Å². The van der Waals surface area contributed by atoms with Crippen molar-refractivity contribution in [2.45, 2.75) is 69.6 Å². The van der Waals surface area contributed by atoms with Crippen LogP contribution in [0.5, 0.6) is 0 Å². The van der Waals surface area contributed by atoms with Gasteiger partial charge in [0.05, 0.1) is 53.4 Å². The summed E-state index contributed by atoms with van der Waals surface area (Å²) in [5.74, 6) is -0.987. The van der Waals surface area contributed by atoms with E-state index in [1.54, 1.807) is 17.0 Å². The monoisotopic (exact) mass is 691 g/mol. The molecule has 16 nitrogen and oxygen atoms in total. The molecule has 2 aromatic carbocycles. The number of hydrogen-bond acceptors (Lipinski definition) is 12. The third-order valence-corrected chi connectivity index (χ3v) is 9.19. The molecule has 3 amide bonds. The highest BCUT2D eigenvalue weighted by atomic mass is 16.6. The van der Waals surface area contributed by atoms with Crippen molar-refractivity contribution < 1.29 is 28.8 Å². The molecule has 0 aliphatic carbocycles.